The van der Waals surface area contributed by atoms with Gasteiger partial charge in [0.1, 0.15) is 5.82 Å². The number of halogens is 1. The van der Waals surface area contributed by atoms with E-state index in [4.69, 9.17) is 0 Å². The summed E-state index contributed by atoms with van der Waals surface area (Å²) >= 11 is 0. The van der Waals surface area contributed by atoms with Crippen molar-refractivity contribution in [2.75, 3.05) is 24.7 Å². The first-order chi connectivity index (χ1) is 14.0. The van der Waals surface area contributed by atoms with Gasteiger partial charge in [0.25, 0.3) is 5.91 Å². The topological polar surface area (TPSA) is 62.0 Å². The number of para-hydroxylation sites is 1. The van der Waals surface area contributed by atoms with E-state index in [0.717, 1.165) is 25.9 Å². The summed E-state index contributed by atoms with van der Waals surface area (Å²) in [6, 6.07) is 12.3. The smallest absolute Gasteiger partial charge is 0.268 e. The molecule has 2 heterocycles. The van der Waals surface area contributed by atoms with Crippen LogP contribution in [0.1, 0.15) is 48.0 Å². The highest BCUT2D eigenvalue weighted by Crippen LogP contribution is 2.42. The highest BCUT2D eigenvalue weighted by Gasteiger charge is 2.51. The molecule has 1 saturated heterocycles. The number of hydrogen-bond donors (Lipinski definition) is 2. The largest absolute Gasteiger partial charge is 0.375 e. The third kappa shape index (κ3) is 3.82. The van der Waals surface area contributed by atoms with Crippen LogP contribution in [0.3, 0.4) is 0 Å². The van der Waals surface area contributed by atoms with Crippen molar-refractivity contribution in [2.24, 2.45) is 0 Å². The molecule has 2 aliphatic heterocycles. The molecule has 2 aliphatic rings. The molecule has 2 aromatic carbocycles. The van der Waals surface area contributed by atoms with Crippen molar-refractivity contribution >= 4 is 17.4 Å². The molecule has 29 heavy (non-hydrogen) atoms. The lowest BCUT2D eigenvalue weighted by molar-refractivity contribution is -0.898. The van der Waals surface area contributed by atoms with E-state index < -0.39 is 17.3 Å². The lowest BCUT2D eigenvalue weighted by Crippen LogP contribution is -3.13. The highest BCUT2D eigenvalue weighted by atomic mass is 19.1. The fourth-order valence-electron chi connectivity index (χ4n) is 4.41. The maximum Gasteiger partial charge on any atom is 0.268 e. The predicted octanol–water partition coefficient (Wildman–Crippen LogP) is 2.05. The van der Waals surface area contributed by atoms with Crippen LogP contribution in [0.2, 0.25) is 0 Å². The molecule has 2 N–H and O–H groups in total. The fourth-order valence-corrected chi connectivity index (χ4v) is 4.41. The Morgan fingerprint density at radius 3 is 2.38 bits per heavy atom. The number of nitrogens with zero attached hydrogens (tertiary/aromatic N) is 1. The molecule has 0 radical (unpaired) electrons. The standard InChI is InChI=1S/C23H25FN2O3/c24-18-11-9-17(10-12-18)21(27)15-23(29)19-7-3-4-8-20(19)26(22(23)28)16-25-13-5-1-2-6-14-25/h3-4,7-12,29H,1-2,5-6,13-16H2/p+1/t23-/m1/s1. The minimum absolute atomic E-state index is 0.279. The number of amides is 1. The summed E-state index contributed by atoms with van der Waals surface area (Å²) in [6.07, 6.45) is 4.33. The van der Waals surface area contributed by atoms with Gasteiger partial charge >= 0.3 is 0 Å². The minimum Gasteiger partial charge on any atom is -0.375 e. The molecule has 0 aliphatic carbocycles. The molecule has 0 unspecified atom stereocenters. The molecule has 0 bridgehead atoms. The zero-order valence-electron chi connectivity index (χ0n) is 16.4. The number of likely N-dealkylation sites (tertiary alicyclic amines) is 1. The van der Waals surface area contributed by atoms with E-state index in [1.807, 2.05) is 12.1 Å². The Kier molecular flexibility index (Phi) is 5.48. The number of Topliss-reactive ketones (excluding diaryl/α,β-unsaturated/α-hetero) is 1. The van der Waals surface area contributed by atoms with E-state index in [1.54, 1.807) is 17.0 Å². The van der Waals surface area contributed by atoms with Gasteiger partial charge in [0.2, 0.25) is 0 Å². The summed E-state index contributed by atoms with van der Waals surface area (Å²) in [5.41, 5.74) is -0.479. The fraction of sp³-hybridized carbons (Fsp3) is 0.391. The molecule has 1 amide bonds. The van der Waals surface area contributed by atoms with Gasteiger partial charge in [0.05, 0.1) is 25.2 Å². The average Bonchev–Trinajstić information content (AvgIpc) is 2.91. The van der Waals surface area contributed by atoms with Gasteiger partial charge in [-0.1, -0.05) is 18.2 Å². The first kappa shape index (κ1) is 19.7. The number of benzene rings is 2. The SMILES string of the molecule is O=C(C[C@]1(O)C(=O)N(C[NH+]2CCCCCC2)c2ccccc21)c1ccc(F)cc1. The van der Waals surface area contributed by atoms with Crippen LogP contribution >= 0.6 is 0 Å². The Hall–Kier alpha value is -2.57. The number of aliphatic hydroxyl groups is 1. The van der Waals surface area contributed by atoms with Gasteiger partial charge in [-0.15, -0.1) is 0 Å². The third-order valence-corrected chi connectivity index (χ3v) is 6.01. The Labute approximate surface area is 169 Å². The number of rotatable bonds is 5. The van der Waals surface area contributed by atoms with Crippen molar-refractivity contribution in [1.82, 2.24) is 0 Å². The minimum atomic E-state index is -1.90. The Morgan fingerprint density at radius 2 is 1.69 bits per heavy atom. The van der Waals surface area contributed by atoms with Gasteiger partial charge in [-0.2, -0.15) is 0 Å². The number of fused-ring (bicyclic) bond motifs is 1. The predicted molar refractivity (Wildman–Crippen MR) is 107 cm³/mol. The van der Waals surface area contributed by atoms with Gasteiger partial charge in [-0.3, -0.25) is 14.5 Å². The molecule has 2 aromatic rings. The molecule has 0 spiro atoms. The lowest BCUT2D eigenvalue weighted by atomic mass is 9.88. The van der Waals surface area contributed by atoms with Crippen LogP contribution in [0, 0.1) is 5.82 Å². The quantitative estimate of drug-likeness (QED) is 0.760. The van der Waals surface area contributed by atoms with Crippen LogP contribution < -0.4 is 9.80 Å². The van der Waals surface area contributed by atoms with Gasteiger partial charge in [0.15, 0.2) is 18.1 Å². The molecule has 0 aromatic heterocycles. The van der Waals surface area contributed by atoms with Crippen LogP contribution in [0.4, 0.5) is 10.1 Å². The Morgan fingerprint density at radius 1 is 1.03 bits per heavy atom. The lowest BCUT2D eigenvalue weighted by Gasteiger charge is -2.26. The second kappa shape index (κ2) is 8.05. The normalized spacial score (nSPS) is 22.4. The summed E-state index contributed by atoms with van der Waals surface area (Å²) in [5, 5.41) is 11.4. The molecular weight excluding hydrogens is 371 g/mol. The summed E-state index contributed by atoms with van der Waals surface area (Å²) in [5.74, 6) is -1.28. The highest BCUT2D eigenvalue weighted by molar-refractivity contribution is 6.10. The first-order valence-corrected chi connectivity index (χ1v) is 10.3. The zero-order chi connectivity index (χ0) is 20.4. The maximum atomic E-state index is 13.3. The maximum absolute atomic E-state index is 13.3. The molecular formula is C23H26FN2O3+. The van der Waals surface area contributed by atoms with Crippen molar-refractivity contribution in [2.45, 2.75) is 37.7 Å². The monoisotopic (exact) mass is 397 g/mol. The van der Waals surface area contributed by atoms with Crippen LogP contribution in [0.15, 0.2) is 48.5 Å². The molecule has 152 valence electrons. The van der Waals surface area contributed by atoms with Gasteiger partial charge in [0, 0.05) is 11.1 Å². The van der Waals surface area contributed by atoms with Crippen LogP contribution in [0.25, 0.3) is 0 Å². The zero-order valence-corrected chi connectivity index (χ0v) is 16.4. The number of anilines is 1. The third-order valence-electron chi connectivity index (χ3n) is 6.01. The van der Waals surface area contributed by atoms with Gasteiger partial charge in [-0.05, 0) is 56.0 Å². The molecule has 0 saturated carbocycles. The summed E-state index contributed by atoms with van der Waals surface area (Å²) in [6.45, 7) is 2.49. The van der Waals surface area contributed by atoms with Crippen molar-refractivity contribution < 1.29 is 24.0 Å². The summed E-state index contributed by atoms with van der Waals surface area (Å²) in [4.78, 5) is 29.0. The number of nitrogens with one attached hydrogen (secondary N) is 1. The van der Waals surface area contributed by atoms with Crippen LogP contribution in [0.5, 0.6) is 0 Å². The molecule has 4 rings (SSSR count). The number of carbonyl (C=O) groups is 2. The number of quaternary nitrogens is 1. The van der Waals surface area contributed by atoms with Gasteiger partial charge in [-0.25, -0.2) is 4.39 Å². The van der Waals surface area contributed by atoms with E-state index in [-0.39, 0.29) is 17.8 Å². The van der Waals surface area contributed by atoms with E-state index in [2.05, 4.69) is 0 Å². The summed E-state index contributed by atoms with van der Waals surface area (Å²) < 4.78 is 13.2. The molecule has 6 heteroatoms. The van der Waals surface area contributed by atoms with Crippen LogP contribution in [-0.4, -0.2) is 36.6 Å². The molecule has 1 fully saturated rings. The van der Waals surface area contributed by atoms with E-state index in [0.29, 0.717) is 17.9 Å². The van der Waals surface area contributed by atoms with E-state index in [9.17, 15) is 19.1 Å². The second-order valence-electron chi connectivity index (χ2n) is 8.04. The summed E-state index contributed by atoms with van der Waals surface area (Å²) in [7, 11) is 0. The average molecular weight is 397 g/mol. The Bertz CT molecular complexity index is 907. The molecule has 1 atom stereocenters. The van der Waals surface area contributed by atoms with Crippen molar-refractivity contribution in [3.63, 3.8) is 0 Å². The van der Waals surface area contributed by atoms with E-state index in [1.165, 1.54) is 42.0 Å². The number of hydrogen-bond acceptors (Lipinski definition) is 3. The van der Waals surface area contributed by atoms with E-state index >= 15 is 0 Å². The second-order valence-corrected chi connectivity index (χ2v) is 8.04. The van der Waals surface area contributed by atoms with Crippen molar-refractivity contribution in [3.05, 3.63) is 65.5 Å². The first-order valence-electron chi connectivity index (χ1n) is 10.3. The van der Waals surface area contributed by atoms with Crippen LogP contribution in [-0.2, 0) is 10.4 Å². The molecule has 5 nitrogen and oxygen atoms in total. The van der Waals surface area contributed by atoms with Crippen molar-refractivity contribution in [1.29, 1.82) is 0 Å². The number of ketones is 1. The number of carbonyl (C=O) groups excluding carboxylic acids is 2. The Balaban J connectivity index is 1.60. The van der Waals surface area contributed by atoms with Crippen molar-refractivity contribution in [3.8, 4) is 0 Å². The van der Waals surface area contributed by atoms with Gasteiger partial charge < -0.3 is 10.0 Å².